The zero-order valence-corrected chi connectivity index (χ0v) is 12.9. The molecule has 3 rings (SSSR count). The maximum absolute atomic E-state index is 11.6. The Morgan fingerprint density at radius 1 is 1.24 bits per heavy atom. The predicted octanol–water partition coefficient (Wildman–Crippen LogP) is 3.97. The van der Waals surface area contributed by atoms with Crippen molar-refractivity contribution < 1.29 is 4.79 Å². The van der Waals surface area contributed by atoms with Crippen LogP contribution in [0.1, 0.15) is 31.7 Å². The van der Waals surface area contributed by atoms with Crippen molar-refractivity contribution in [3.05, 3.63) is 35.9 Å². The highest BCUT2D eigenvalue weighted by Gasteiger charge is 2.35. The first-order valence-electron chi connectivity index (χ1n) is 7.99. The topological polar surface area (TPSA) is 41.1 Å². The molecule has 3 atom stereocenters. The summed E-state index contributed by atoms with van der Waals surface area (Å²) < 4.78 is 0. The highest BCUT2D eigenvalue weighted by atomic mass is 16.1. The molecule has 3 unspecified atom stereocenters. The molecule has 0 spiro atoms. The predicted molar refractivity (Wildman–Crippen MR) is 87.4 cm³/mol. The summed E-state index contributed by atoms with van der Waals surface area (Å²) in [6.07, 6.45) is 7.95. The van der Waals surface area contributed by atoms with Crippen LogP contribution in [0.3, 0.4) is 0 Å². The van der Waals surface area contributed by atoms with Crippen LogP contribution in [0.15, 0.2) is 30.4 Å². The van der Waals surface area contributed by atoms with Crippen molar-refractivity contribution in [3.63, 3.8) is 0 Å². The number of nitrogens with one attached hydrogen (secondary N) is 2. The molecule has 1 aromatic carbocycles. The minimum atomic E-state index is 0.0634. The Bertz CT molecular complexity index is 564. The maximum Gasteiger partial charge on any atom is 0.224 e. The number of carbonyl (C=O) groups is 1. The molecule has 1 amide bonds. The fourth-order valence-electron chi connectivity index (χ4n) is 3.57. The lowest BCUT2D eigenvalue weighted by Gasteiger charge is -2.21. The Hall–Kier alpha value is -1.77. The van der Waals surface area contributed by atoms with Gasteiger partial charge in [0.05, 0.1) is 0 Å². The second-order valence-electron chi connectivity index (χ2n) is 6.30. The number of allylic oxidation sites excluding steroid dienone is 2. The fourth-order valence-corrected chi connectivity index (χ4v) is 3.57. The van der Waals surface area contributed by atoms with Gasteiger partial charge in [0.15, 0.2) is 0 Å². The molecule has 2 aliphatic carbocycles. The van der Waals surface area contributed by atoms with Crippen LogP contribution < -0.4 is 10.6 Å². The summed E-state index contributed by atoms with van der Waals surface area (Å²) in [6.45, 7) is 4.96. The van der Waals surface area contributed by atoms with Gasteiger partial charge >= 0.3 is 0 Å². The second kappa shape index (κ2) is 5.92. The molecule has 0 radical (unpaired) electrons. The lowest BCUT2D eigenvalue weighted by molar-refractivity contribution is -0.115. The number of carbonyl (C=O) groups excluding carboxylic acids is 1. The first-order valence-corrected chi connectivity index (χ1v) is 7.99. The average molecular weight is 284 g/mol. The van der Waals surface area contributed by atoms with Gasteiger partial charge in [-0.15, -0.1) is 0 Å². The number of benzene rings is 1. The molecule has 2 bridgehead atoms. The number of hydrogen-bond acceptors (Lipinski definition) is 2. The normalized spacial score (nSPS) is 26.1. The van der Waals surface area contributed by atoms with E-state index in [4.69, 9.17) is 0 Å². The summed E-state index contributed by atoms with van der Waals surface area (Å²) in [5, 5.41) is 6.55. The lowest BCUT2D eigenvalue weighted by atomic mass is 9.93. The van der Waals surface area contributed by atoms with Crippen LogP contribution >= 0.6 is 0 Å². The molecule has 1 saturated carbocycles. The first-order chi connectivity index (χ1) is 10.2. The van der Waals surface area contributed by atoms with Crippen LogP contribution in [-0.2, 0) is 4.79 Å². The van der Waals surface area contributed by atoms with Crippen LogP contribution in [0.5, 0.6) is 0 Å². The summed E-state index contributed by atoms with van der Waals surface area (Å²) in [4.78, 5) is 11.6. The largest absolute Gasteiger partial charge is 0.384 e. The molecule has 0 aromatic heterocycles. The van der Waals surface area contributed by atoms with Crippen molar-refractivity contribution >= 4 is 17.3 Å². The number of anilines is 2. The van der Waals surface area contributed by atoms with E-state index in [0.29, 0.717) is 6.42 Å². The monoisotopic (exact) mass is 284 g/mol. The van der Waals surface area contributed by atoms with Gasteiger partial charge in [0.2, 0.25) is 5.91 Å². The van der Waals surface area contributed by atoms with E-state index in [1.54, 1.807) is 0 Å². The first kappa shape index (κ1) is 14.2. The number of hydrogen-bond donors (Lipinski definition) is 2. The van der Waals surface area contributed by atoms with E-state index < -0.39 is 0 Å². The third-order valence-electron chi connectivity index (χ3n) is 4.90. The van der Waals surface area contributed by atoms with Crippen LogP contribution in [-0.4, -0.2) is 12.5 Å². The SMILES string of the molecule is CCC(=O)Nc1cccc(NCC2CC3C=CC2C3)c1C. The summed E-state index contributed by atoms with van der Waals surface area (Å²) in [7, 11) is 0. The standard InChI is InChI=1S/C18H24N2O/c1-3-18(21)20-17-6-4-5-16(12(17)2)19-11-15-10-13-7-8-14(15)9-13/h4-8,13-15,19H,3,9-11H2,1-2H3,(H,20,21). The van der Waals surface area contributed by atoms with Gasteiger partial charge in [-0.25, -0.2) is 0 Å². The van der Waals surface area contributed by atoms with Crippen molar-refractivity contribution in [2.45, 2.75) is 33.1 Å². The van der Waals surface area contributed by atoms with E-state index in [-0.39, 0.29) is 5.91 Å². The van der Waals surface area contributed by atoms with E-state index in [1.165, 1.54) is 12.8 Å². The van der Waals surface area contributed by atoms with E-state index in [9.17, 15) is 4.79 Å². The molecule has 1 fully saturated rings. The van der Waals surface area contributed by atoms with Gasteiger partial charge in [-0.1, -0.05) is 25.1 Å². The smallest absolute Gasteiger partial charge is 0.224 e. The molecule has 2 N–H and O–H groups in total. The molecule has 112 valence electrons. The van der Waals surface area contributed by atoms with Crippen LogP contribution in [0.4, 0.5) is 11.4 Å². The van der Waals surface area contributed by atoms with Crippen molar-refractivity contribution in [1.82, 2.24) is 0 Å². The Kier molecular flexibility index (Phi) is 4.00. The molecule has 2 aliphatic rings. The number of fused-ring (bicyclic) bond motifs is 2. The summed E-state index contributed by atoms with van der Waals surface area (Å²) in [5.74, 6) is 2.41. The van der Waals surface area contributed by atoms with Gasteiger partial charge in [0.1, 0.15) is 0 Å². The summed E-state index contributed by atoms with van der Waals surface area (Å²) in [5.41, 5.74) is 3.17. The van der Waals surface area contributed by atoms with Crippen LogP contribution in [0, 0.1) is 24.7 Å². The Morgan fingerprint density at radius 3 is 2.71 bits per heavy atom. The third-order valence-corrected chi connectivity index (χ3v) is 4.90. The molecule has 1 aromatic rings. The second-order valence-corrected chi connectivity index (χ2v) is 6.30. The Labute approximate surface area is 126 Å². The summed E-state index contributed by atoms with van der Waals surface area (Å²) in [6, 6.07) is 6.07. The van der Waals surface area contributed by atoms with Gasteiger partial charge in [0.25, 0.3) is 0 Å². The van der Waals surface area contributed by atoms with Gasteiger partial charge in [0, 0.05) is 24.3 Å². The molecule has 0 heterocycles. The van der Waals surface area contributed by atoms with Gasteiger partial charge in [-0.3, -0.25) is 4.79 Å². The molecule has 21 heavy (non-hydrogen) atoms. The molecule has 0 saturated heterocycles. The summed E-state index contributed by atoms with van der Waals surface area (Å²) >= 11 is 0. The van der Waals surface area contributed by atoms with Crippen molar-refractivity contribution in [1.29, 1.82) is 0 Å². The Morgan fingerprint density at radius 2 is 2.05 bits per heavy atom. The van der Waals surface area contributed by atoms with E-state index >= 15 is 0 Å². The molecular formula is C18H24N2O. The van der Waals surface area contributed by atoms with Gasteiger partial charge in [-0.05, 0) is 55.2 Å². The number of amides is 1. The zero-order chi connectivity index (χ0) is 14.8. The van der Waals surface area contributed by atoms with Gasteiger partial charge < -0.3 is 10.6 Å². The van der Waals surface area contributed by atoms with Crippen LogP contribution in [0.25, 0.3) is 0 Å². The quantitative estimate of drug-likeness (QED) is 0.803. The highest BCUT2D eigenvalue weighted by molar-refractivity contribution is 5.92. The van der Waals surface area contributed by atoms with Crippen molar-refractivity contribution in [3.8, 4) is 0 Å². The highest BCUT2D eigenvalue weighted by Crippen LogP contribution is 2.43. The zero-order valence-electron chi connectivity index (χ0n) is 12.9. The maximum atomic E-state index is 11.6. The minimum absolute atomic E-state index is 0.0634. The number of rotatable bonds is 5. The lowest BCUT2D eigenvalue weighted by Crippen LogP contribution is -2.19. The van der Waals surface area contributed by atoms with E-state index in [1.807, 2.05) is 19.1 Å². The van der Waals surface area contributed by atoms with Crippen LogP contribution in [0.2, 0.25) is 0 Å². The average Bonchev–Trinajstić information content (AvgIpc) is 3.10. The molecular weight excluding hydrogens is 260 g/mol. The van der Waals surface area contributed by atoms with E-state index in [0.717, 1.165) is 41.2 Å². The van der Waals surface area contributed by atoms with E-state index in [2.05, 4.69) is 35.8 Å². The Balaban J connectivity index is 1.64. The third kappa shape index (κ3) is 2.97. The molecule has 3 nitrogen and oxygen atoms in total. The minimum Gasteiger partial charge on any atom is -0.384 e. The van der Waals surface area contributed by atoms with Crippen molar-refractivity contribution in [2.24, 2.45) is 17.8 Å². The van der Waals surface area contributed by atoms with Crippen molar-refractivity contribution in [2.75, 3.05) is 17.2 Å². The van der Waals surface area contributed by atoms with Gasteiger partial charge in [-0.2, -0.15) is 0 Å². The fraction of sp³-hybridized carbons (Fsp3) is 0.500. The molecule has 3 heteroatoms. The molecule has 0 aliphatic heterocycles.